The number of alkyl halides is 1. The number of halogens is 2. The first-order valence-electron chi connectivity index (χ1n) is 5.23. The lowest BCUT2D eigenvalue weighted by Crippen LogP contribution is -2.27. The summed E-state index contributed by atoms with van der Waals surface area (Å²) in [4.78, 5) is 11.5. The van der Waals surface area contributed by atoms with Gasteiger partial charge in [0.25, 0.3) is 0 Å². The van der Waals surface area contributed by atoms with E-state index in [1.165, 1.54) is 0 Å². The number of hydrogen-bond acceptors (Lipinski definition) is 1. The number of nitrogens with one attached hydrogen (secondary N) is 1. The minimum absolute atomic E-state index is 0.000386. The normalized spacial score (nSPS) is 12.2. The van der Waals surface area contributed by atoms with Gasteiger partial charge in [-0.1, -0.05) is 23.7 Å². The number of carbonyl (C=O) groups excluding carboxylic acids is 1. The molecular weight excluding hydrogens is 245 g/mol. The maximum atomic E-state index is 11.5. The zero-order chi connectivity index (χ0) is 12.0. The van der Waals surface area contributed by atoms with Crippen LogP contribution >= 0.6 is 23.2 Å². The Morgan fingerprint density at radius 2 is 2.25 bits per heavy atom. The van der Waals surface area contributed by atoms with Crippen LogP contribution < -0.4 is 5.32 Å². The summed E-state index contributed by atoms with van der Waals surface area (Å²) in [5, 5.41) is 3.56. The third kappa shape index (κ3) is 5.38. The van der Waals surface area contributed by atoms with Crippen molar-refractivity contribution in [2.24, 2.45) is 0 Å². The molecule has 16 heavy (non-hydrogen) atoms. The minimum atomic E-state index is -0.000386. The summed E-state index contributed by atoms with van der Waals surface area (Å²) in [5.74, 6) is -0.000386. The molecular formula is C12H15Cl2NO. The molecule has 0 fully saturated rings. The Kier molecular flexibility index (Phi) is 5.64. The lowest BCUT2D eigenvalue weighted by molar-refractivity contribution is -0.120. The zero-order valence-electron chi connectivity index (χ0n) is 9.17. The van der Waals surface area contributed by atoms with E-state index in [1.54, 1.807) is 12.1 Å². The lowest BCUT2D eigenvalue weighted by atomic mass is 10.1. The second kappa shape index (κ2) is 6.77. The first-order chi connectivity index (χ1) is 7.58. The highest BCUT2D eigenvalue weighted by Crippen LogP contribution is 2.10. The number of hydrogen-bond donors (Lipinski definition) is 1. The average molecular weight is 260 g/mol. The van der Waals surface area contributed by atoms with Crippen molar-refractivity contribution >= 4 is 29.1 Å². The molecule has 0 spiro atoms. The van der Waals surface area contributed by atoms with Gasteiger partial charge in [-0.2, -0.15) is 0 Å². The van der Waals surface area contributed by atoms with Crippen LogP contribution in [-0.4, -0.2) is 17.8 Å². The van der Waals surface area contributed by atoms with Crippen LogP contribution in [0, 0.1) is 0 Å². The molecule has 4 heteroatoms. The van der Waals surface area contributed by atoms with Gasteiger partial charge in [-0.25, -0.2) is 0 Å². The van der Waals surface area contributed by atoms with Crippen molar-refractivity contribution in [3.63, 3.8) is 0 Å². The Hall–Kier alpha value is -0.730. The van der Waals surface area contributed by atoms with Gasteiger partial charge in [0.2, 0.25) is 5.91 Å². The fourth-order valence-electron chi connectivity index (χ4n) is 1.31. The molecule has 0 saturated carbocycles. The van der Waals surface area contributed by atoms with E-state index in [9.17, 15) is 4.79 Å². The molecule has 88 valence electrons. The Morgan fingerprint density at radius 3 is 2.88 bits per heavy atom. The van der Waals surface area contributed by atoms with Gasteiger partial charge in [0.05, 0.1) is 6.42 Å². The van der Waals surface area contributed by atoms with Crippen molar-refractivity contribution in [3.8, 4) is 0 Å². The van der Waals surface area contributed by atoms with Crippen LogP contribution in [0.5, 0.6) is 0 Å². The number of amides is 1. The highest BCUT2D eigenvalue weighted by Gasteiger charge is 2.04. The predicted octanol–water partition coefficient (Wildman–Crippen LogP) is 3.02. The summed E-state index contributed by atoms with van der Waals surface area (Å²) in [7, 11) is 0. The molecule has 1 aromatic rings. The molecule has 0 bridgehead atoms. The van der Waals surface area contributed by atoms with Crippen LogP contribution in [0.1, 0.15) is 18.9 Å². The predicted molar refractivity (Wildman–Crippen MR) is 68.1 cm³/mol. The Balaban J connectivity index is 2.34. The summed E-state index contributed by atoms with van der Waals surface area (Å²) >= 11 is 11.6. The number of rotatable bonds is 5. The van der Waals surface area contributed by atoms with Gasteiger partial charge in [0, 0.05) is 16.9 Å². The van der Waals surface area contributed by atoms with Gasteiger partial charge in [0.15, 0.2) is 0 Å². The van der Waals surface area contributed by atoms with Crippen LogP contribution in [-0.2, 0) is 11.2 Å². The molecule has 1 aromatic carbocycles. The SMILES string of the molecule is CC(Cl)CCNC(=O)Cc1cccc(Cl)c1. The van der Waals surface area contributed by atoms with E-state index in [2.05, 4.69) is 5.32 Å². The van der Waals surface area contributed by atoms with Gasteiger partial charge in [-0.3, -0.25) is 4.79 Å². The van der Waals surface area contributed by atoms with Crippen LogP contribution in [0.4, 0.5) is 0 Å². The third-order valence-electron chi connectivity index (χ3n) is 2.12. The Labute approximate surface area is 106 Å². The van der Waals surface area contributed by atoms with E-state index in [1.807, 2.05) is 19.1 Å². The molecule has 1 amide bonds. The fraction of sp³-hybridized carbons (Fsp3) is 0.417. The Morgan fingerprint density at radius 1 is 1.50 bits per heavy atom. The maximum absolute atomic E-state index is 11.5. The summed E-state index contributed by atoms with van der Waals surface area (Å²) < 4.78 is 0. The summed E-state index contributed by atoms with van der Waals surface area (Å²) in [5.41, 5.74) is 0.920. The second-order valence-electron chi connectivity index (χ2n) is 3.73. The fourth-order valence-corrected chi connectivity index (χ4v) is 1.63. The van der Waals surface area contributed by atoms with E-state index in [0.29, 0.717) is 18.0 Å². The Bertz CT molecular complexity index is 353. The smallest absolute Gasteiger partial charge is 0.224 e. The van der Waals surface area contributed by atoms with E-state index in [0.717, 1.165) is 12.0 Å². The van der Waals surface area contributed by atoms with Crippen molar-refractivity contribution in [2.75, 3.05) is 6.54 Å². The van der Waals surface area contributed by atoms with Gasteiger partial charge >= 0.3 is 0 Å². The quantitative estimate of drug-likeness (QED) is 0.810. The third-order valence-corrected chi connectivity index (χ3v) is 2.57. The average Bonchev–Trinajstić information content (AvgIpc) is 2.16. The molecule has 0 saturated heterocycles. The molecule has 0 radical (unpaired) electrons. The van der Waals surface area contributed by atoms with Crippen LogP contribution in [0.25, 0.3) is 0 Å². The summed E-state index contributed by atoms with van der Waals surface area (Å²) in [6.07, 6.45) is 1.14. The van der Waals surface area contributed by atoms with Crippen molar-refractivity contribution in [1.29, 1.82) is 0 Å². The number of benzene rings is 1. The van der Waals surface area contributed by atoms with Gasteiger partial charge in [-0.05, 0) is 31.0 Å². The molecule has 0 aliphatic carbocycles. The molecule has 0 aromatic heterocycles. The maximum Gasteiger partial charge on any atom is 0.224 e. The van der Waals surface area contributed by atoms with Crippen molar-refractivity contribution < 1.29 is 4.79 Å². The summed E-state index contributed by atoms with van der Waals surface area (Å²) in [6.45, 7) is 2.52. The van der Waals surface area contributed by atoms with Crippen molar-refractivity contribution in [1.82, 2.24) is 5.32 Å². The van der Waals surface area contributed by atoms with Crippen LogP contribution in [0.15, 0.2) is 24.3 Å². The zero-order valence-corrected chi connectivity index (χ0v) is 10.7. The van der Waals surface area contributed by atoms with Crippen molar-refractivity contribution in [2.45, 2.75) is 25.1 Å². The monoisotopic (exact) mass is 259 g/mol. The highest BCUT2D eigenvalue weighted by molar-refractivity contribution is 6.30. The first kappa shape index (κ1) is 13.3. The molecule has 0 heterocycles. The van der Waals surface area contributed by atoms with Gasteiger partial charge in [0.1, 0.15) is 0 Å². The summed E-state index contributed by atoms with van der Waals surface area (Å²) in [6, 6.07) is 7.31. The second-order valence-corrected chi connectivity index (χ2v) is 4.91. The van der Waals surface area contributed by atoms with Gasteiger partial charge < -0.3 is 5.32 Å². The van der Waals surface area contributed by atoms with E-state index in [-0.39, 0.29) is 11.3 Å². The largest absolute Gasteiger partial charge is 0.356 e. The lowest BCUT2D eigenvalue weighted by Gasteiger charge is -2.06. The van der Waals surface area contributed by atoms with Crippen LogP contribution in [0.3, 0.4) is 0 Å². The standard InChI is InChI=1S/C12H15Cl2NO/c1-9(13)5-6-15-12(16)8-10-3-2-4-11(14)7-10/h2-4,7,9H,5-6,8H2,1H3,(H,15,16). The van der Waals surface area contributed by atoms with Crippen LogP contribution in [0.2, 0.25) is 5.02 Å². The molecule has 0 aliphatic rings. The molecule has 2 nitrogen and oxygen atoms in total. The number of carbonyl (C=O) groups is 1. The molecule has 1 N–H and O–H groups in total. The highest BCUT2D eigenvalue weighted by atomic mass is 35.5. The van der Waals surface area contributed by atoms with E-state index < -0.39 is 0 Å². The van der Waals surface area contributed by atoms with E-state index in [4.69, 9.17) is 23.2 Å². The van der Waals surface area contributed by atoms with Crippen molar-refractivity contribution in [3.05, 3.63) is 34.9 Å². The van der Waals surface area contributed by atoms with Gasteiger partial charge in [-0.15, -0.1) is 11.6 Å². The topological polar surface area (TPSA) is 29.1 Å². The molecule has 1 rings (SSSR count). The van der Waals surface area contributed by atoms with E-state index >= 15 is 0 Å². The molecule has 0 aliphatic heterocycles. The molecule has 1 atom stereocenters. The molecule has 1 unspecified atom stereocenters. The minimum Gasteiger partial charge on any atom is -0.356 e. The first-order valence-corrected chi connectivity index (χ1v) is 6.04.